The Balaban J connectivity index is 1.89. The molecule has 3 rings (SSSR count). The summed E-state index contributed by atoms with van der Waals surface area (Å²) in [7, 11) is -3.91. The molecule has 0 radical (unpaired) electrons. The maximum absolute atomic E-state index is 13.3. The highest BCUT2D eigenvalue weighted by molar-refractivity contribution is 7.92. The van der Waals surface area contributed by atoms with E-state index < -0.39 is 16.0 Å². The highest BCUT2D eigenvalue weighted by Crippen LogP contribution is 2.30. The molecule has 0 N–H and O–H groups in total. The van der Waals surface area contributed by atoms with Crippen LogP contribution in [0.15, 0.2) is 77.7 Å². The van der Waals surface area contributed by atoms with E-state index in [0.717, 1.165) is 12.0 Å². The Morgan fingerprint density at radius 3 is 2.18 bits per heavy atom. The molecular weight excluding hydrogens is 458 g/mol. The van der Waals surface area contributed by atoms with Gasteiger partial charge >= 0.3 is 5.97 Å². The van der Waals surface area contributed by atoms with Crippen LogP contribution in [0.5, 0.6) is 5.75 Å². The summed E-state index contributed by atoms with van der Waals surface area (Å²) < 4.78 is 33.4. The Hall–Kier alpha value is -2.83. The van der Waals surface area contributed by atoms with Crippen LogP contribution in [0, 0.1) is 0 Å². The first-order valence-corrected chi connectivity index (χ1v) is 12.6. The van der Waals surface area contributed by atoms with E-state index in [9.17, 15) is 13.2 Å². The number of nitrogens with zero attached hydrogens (tertiary/aromatic N) is 1. The molecule has 0 aliphatic rings. The summed E-state index contributed by atoms with van der Waals surface area (Å²) in [5.41, 5.74) is 1.67. The molecule has 0 saturated heterocycles. The molecule has 0 spiro atoms. The molecule has 33 heavy (non-hydrogen) atoms. The van der Waals surface area contributed by atoms with Crippen LogP contribution in [-0.2, 0) is 15.4 Å². The quantitative estimate of drug-likeness (QED) is 0.271. The fraction of sp³-hybridized carbons (Fsp3) is 0.269. The van der Waals surface area contributed by atoms with Crippen LogP contribution >= 0.6 is 11.6 Å². The number of sulfonamides is 1. The summed E-state index contributed by atoms with van der Waals surface area (Å²) in [4.78, 5) is 12.8. The predicted octanol–water partition coefficient (Wildman–Crippen LogP) is 6.46. The molecule has 0 heterocycles. The lowest BCUT2D eigenvalue weighted by Crippen LogP contribution is -2.31. The summed E-state index contributed by atoms with van der Waals surface area (Å²) in [6, 6.07) is 20.2. The predicted molar refractivity (Wildman–Crippen MR) is 133 cm³/mol. The van der Waals surface area contributed by atoms with Crippen molar-refractivity contribution < 1.29 is 17.9 Å². The summed E-state index contributed by atoms with van der Waals surface area (Å²) in [5, 5.41) is 0.116. The topological polar surface area (TPSA) is 63.7 Å². The summed E-state index contributed by atoms with van der Waals surface area (Å²) in [6.45, 7) is 8.40. The number of benzene rings is 3. The van der Waals surface area contributed by atoms with Gasteiger partial charge in [-0.15, -0.1) is 0 Å². The first-order chi connectivity index (χ1) is 15.6. The van der Waals surface area contributed by atoms with Crippen molar-refractivity contribution in [3.63, 3.8) is 0 Å². The van der Waals surface area contributed by atoms with E-state index in [0.29, 0.717) is 11.4 Å². The third kappa shape index (κ3) is 5.40. The molecule has 0 unspecified atom stereocenters. The summed E-state index contributed by atoms with van der Waals surface area (Å²) >= 11 is 6.23. The number of para-hydroxylation sites is 1. The minimum atomic E-state index is -3.91. The molecule has 174 valence electrons. The van der Waals surface area contributed by atoms with Crippen LogP contribution in [0.4, 0.5) is 5.69 Å². The van der Waals surface area contributed by atoms with Crippen molar-refractivity contribution in [2.24, 2.45) is 0 Å². The van der Waals surface area contributed by atoms with Crippen molar-refractivity contribution in [1.29, 1.82) is 0 Å². The molecule has 3 aromatic rings. The first kappa shape index (κ1) is 24.8. The second kappa shape index (κ2) is 9.98. The van der Waals surface area contributed by atoms with Crippen molar-refractivity contribution in [2.75, 3.05) is 10.8 Å². The van der Waals surface area contributed by atoms with Gasteiger partial charge in [-0.1, -0.05) is 62.7 Å². The number of esters is 1. The van der Waals surface area contributed by atoms with E-state index >= 15 is 0 Å². The number of hydrogen-bond donors (Lipinski definition) is 0. The molecule has 0 amide bonds. The van der Waals surface area contributed by atoms with Gasteiger partial charge in [-0.3, -0.25) is 4.31 Å². The molecule has 0 aliphatic heterocycles. The Morgan fingerprint density at radius 2 is 1.61 bits per heavy atom. The Morgan fingerprint density at radius 1 is 0.970 bits per heavy atom. The molecule has 3 aromatic carbocycles. The lowest BCUT2D eigenvalue weighted by molar-refractivity contribution is 0.0734. The lowest BCUT2D eigenvalue weighted by atomic mass is 9.82. The van der Waals surface area contributed by atoms with Gasteiger partial charge in [-0.05, 0) is 66.8 Å². The van der Waals surface area contributed by atoms with Crippen molar-refractivity contribution in [1.82, 2.24) is 0 Å². The number of anilines is 1. The van der Waals surface area contributed by atoms with Gasteiger partial charge in [0.25, 0.3) is 10.0 Å². The number of carbonyl (C=O) groups is 1. The van der Waals surface area contributed by atoms with E-state index in [4.69, 9.17) is 16.3 Å². The van der Waals surface area contributed by atoms with Gasteiger partial charge in [0, 0.05) is 6.54 Å². The van der Waals surface area contributed by atoms with Crippen LogP contribution < -0.4 is 9.04 Å². The van der Waals surface area contributed by atoms with E-state index in [1.165, 1.54) is 22.5 Å². The largest absolute Gasteiger partial charge is 0.423 e. The zero-order valence-electron chi connectivity index (χ0n) is 19.2. The van der Waals surface area contributed by atoms with Gasteiger partial charge in [-0.2, -0.15) is 0 Å². The molecular formula is C26H28ClNO4S. The zero-order valence-corrected chi connectivity index (χ0v) is 20.8. The summed E-state index contributed by atoms with van der Waals surface area (Å²) in [5.74, 6) is -0.359. The van der Waals surface area contributed by atoms with Gasteiger partial charge in [0.1, 0.15) is 5.75 Å². The molecule has 0 aliphatic carbocycles. The second-order valence-corrected chi connectivity index (χ2v) is 10.6. The normalized spacial score (nSPS) is 11.8. The smallest absolute Gasteiger partial charge is 0.345 e. The van der Waals surface area contributed by atoms with Crippen LogP contribution in [0.3, 0.4) is 0 Å². The lowest BCUT2D eigenvalue weighted by Gasteiger charge is -2.23. The molecule has 7 heteroatoms. The number of ether oxygens (including phenoxy) is 1. The van der Waals surface area contributed by atoms with Crippen LogP contribution in [0.2, 0.25) is 5.02 Å². The van der Waals surface area contributed by atoms with Crippen LogP contribution in [-0.4, -0.2) is 20.9 Å². The Labute approximate surface area is 201 Å². The second-order valence-electron chi connectivity index (χ2n) is 8.30. The molecule has 0 bridgehead atoms. The third-order valence-electron chi connectivity index (χ3n) is 5.81. The summed E-state index contributed by atoms with van der Waals surface area (Å²) in [6.07, 6.45) is 0.973. The molecule has 0 fully saturated rings. The number of hydrogen-bond acceptors (Lipinski definition) is 4. The van der Waals surface area contributed by atoms with Crippen molar-refractivity contribution in [2.45, 2.75) is 44.4 Å². The Kier molecular flexibility index (Phi) is 7.50. The van der Waals surface area contributed by atoms with Crippen LogP contribution in [0.1, 0.15) is 50.0 Å². The van der Waals surface area contributed by atoms with Crippen molar-refractivity contribution in [3.8, 4) is 5.75 Å². The standard InChI is InChI=1S/C26H28ClNO4S/c1-5-26(3,4)19-12-14-21(15-13-19)32-25(29)23-18-22(16-17-24(23)27)33(30,31)28(6-2)20-10-8-7-9-11-20/h7-18H,5-6H2,1-4H3. The SMILES string of the molecule is CCN(c1ccccc1)S(=O)(=O)c1ccc(Cl)c(C(=O)Oc2ccc(C(C)(C)CC)cc2)c1. The fourth-order valence-corrected chi connectivity index (χ4v) is 5.07. The van der Waals surface area contributed by atoms with E-state index in [-0.39, 0.29) is 27.4 Å². The fourth-order valence-electron chi connectivity index (χ4n) is 3.37. The maximum Gasteiger partial charge on any atom is 0.345 e. The maximum atomic E-state index is 13.3. The van der Waals surface area contributed by atoms with Gasteiger partial charge in [0.2, 0.25) is 0 Å². The average Bonchev–Trinajstić information content (AvgIpc) is 2.80. The number of carbonyl (C=O) groups excluding carboxylic acids is 1. The van der Waals surface area contributed by atoms with E-state index in [1.807, 2.05) is 18.2 Å². The average molecular weight is 486 g/mol. The van der Waals surface area contributed by atoms with E-state index in [2.05, 4.69) is 20.8 Å². The van der Waals surface area contributed by atoms with Gasteiger partial charge in [0.15, 0.2) is 0 Å². The molecule has 0 aromatic heterocycles. The third-order valence-corrected chi connectivity index (χ3v) is 8.04. The first-order valence-electron chi connectivity index (χ1n) is 10.8. The van der Waals surface area contributed by atoms with Crippen LogP contribution in [0.25, 0.3) is 0 Å². The molecule has 0 saturated carbocycles. The highest BCUT2D eigenvalue weighted by atomic mass is 35.5. The zero-order chi connectivity index (χ0) is 24.2. The van der Waals surface area contributed by atoms with Gasteiger partial charge in [0.05, 0.1) is 21.2 Å². The molecule has 0 atom stereocenters. The van der Waals surface area contributed by atoms with Crippen molar-refractivity contribution in [3.05, 3.63) is 88.9 Å². The number of halogens is 1. The molecule has 5 nitrogen and oxygen atoms in total. The monoisotopic (exact) mass is 485 g/mol. The van der Waals surface area contributed by atoms with Crippen molar-refractivity contribution >= 4 is 33.3 Å². The van der Waals surface area contributed by atoms with Gasteiger partial charge < -0.3 is 4.74 Å². The van der Waals surface area contributed by atoms with E-state index in [1.54, 1.807) is 43.3 Å². The number of rotatable bonds is 8. The minimum absolute atomic E-state index is 0.0123. The van der Waals surface area contributed by atoms with Gasteiger partial charge in [-0.25, -0.2) is 13.2 Å². The minimum Gasteiger partial charge on any atom is -0.423 e. The Bertz CT molecular complexity index is 1220. The highest BCUT2D eigenvalue weighted by Gasteiger charge is 2.26.